The van der Waals surface area contributed by atoms with Crippen LogP contribution in [0.4, 0.5) is 5.00 Å². The molecule has 1 aromatic rings. The Labute approximate surface area is 94.6 Å². The van der Waals surface area contributed by atoms with Crippen molar-refractivity contribution < 1.29 is 0 Å². The van der Waals surface area contributed by atoms with Crippen LogP contribution in [-0.4, -0.2) is 27.1 Å². The highest BCUT2D eigenvalue weighted by Gasteiger charge is 2.30. The number of nitrogens with zero attached hydrogens (tertiary/aromatic N) is 3. The first-order valence-electron chi connectivity index (χ1n) is 5.47. The lowest BCUT2D eigenvalue weighted by Gasteiger charge is -2.22. The zero-order valence-electron chi connectivity index (χ0n) is 9.31. The van der Waals surface area contributed by atoms with Crippen LogP contribution in [0.5, 0.6) is 0 Å². The van der Waals surface area contributed by atoms with Crippen LogP contribution in [0.2, 0.25) is 0 Å². The van der Waals surface area contributed by atoms with Crippen LogP contribution in [0.1, 0.15) is 32.4 Å². The average Bonchev–Trinajstić information content (AvgIpc) is 2.92. The quantitative estimate of drug-likeness (QED) is 0.831. The highest BCUT2D eigenvalue weighted by Crippen LogP contribution is 2.29. The molecule has 1 fully saturated rings. The topological polar surface area (TPSA) is 55.0 Å². The molecule has 0 unspecified atom stereocenters. The summed E-state index contributed by atoms with van der Waals surface area (Å²) >= 11 is 1.29. The molecule has 15 heavy (non-hydrogen) atoms. The molecule has 0 aliphatic heterocycles. The van der Waals surface area contributed by atoms with Gasteiger partial charge in [-0.15, -0.1) is 5.10 Å². The Morgan fingerprint density at radius 3 is 2.73 bits per heavy atom. The number of hydrogen-bond donors (Lipinski definition) is 1. The Morgan fingerprint density at radius 2 is 2.27 bits per heavy atom. The van der Waals surface area contributed by atoms with Gasteiger partial charge in [-0.3, -0.25) is 4.90 Å². The monoisotopic (exact) mass is 226 g/mol. The van der Waals surface area contributed by atoms with Gasteiger partial charge in [0.15, 0.2) is 0 Å². The molecule has 0 bridgehead atoms. The summed E-state index contributed by atoms with van der Waals surface area (Å²) in [4.78, 5) is 2.48. The molecule has 1 saturated carbocycles. The fourth-order valence-electron chi connectivity index (χ4n) is 1.77. The van der Waals surface area contributed by atoms with Crippen molar-refractivity contribution >= 4 is 16.5 Å². The first-order chi connectivity index (χ1) is 7.16. The summed E-state index contributed by atoms with van der Waals surface area (Å²) in [5.41, 5.74) is 6.76. The number of nitrogen functional groups attached to an aromatic ring is 1. The molecule has 1 heterocycles. The molecule has 0 amide bonds. The second-order valence-electron chi connectivity index (χ2n) is 4.64. The Balaban J connectivity index is 1.97. The van der Waals surface area contributed by atoms with E-state index in [1.165, 1.54) is 24.4 Å². The molecule has 84 valence electrons. The van der Waals surface area contributed by atoms with Crippen LogP contribution in [0.25, 0.3) is 0 Å². The fraction of sp³-hybridized carbons (Fsp3) is 0.800. The Bertz CT molecular complexity index is 319. The summed E-state index contributed by atoms with van der Waals surface area (Å²) in [6, 6.07) is 0.758. The minimum Gasteiger partial charge on any atom is -0.388 e. The smallest absolute Gasteiger partial charge is 0.132 e. The van der Waals surface area contributed by atoms with Crippen LogP contribution in [0.3, 0.4) is 0 Å². The van der Waals surface area contributed by atoms with Crippen molar-refractivity contribution in [3.8, 4) is 0 Å². The molecule has 0 radical (unpaired) electrons. The molecule has 2 N–H and O–H groups in total. The summed E-state index contributed by atoms with van der Waals surface area (Å²) < 4.78 is 3.87. The molecule has 0 aromatic carbocycles. The summed E-state index contributed by atoms with van der Waals surface area (Å²) in [5.74, 6) is 0.693. The maximum Gasteiger partial charge on any atom is 0.132 e. The lowest BCUT2D eigenvalue weighted by atomic mass is 10.2. The van der Waals surface area contributed by atoms with E-state index in [-0.39, 0.29) is 0 Å². The molecular weight excluding hydrogens is 208 g/mol. The van der Waals surface area contributed by atoms with E-state index >= 15 is 0 Å². The SMILES string of the molecule is CC(C)CN(Cc1nnsc1N)C1CC1. The second-order valence-corrected chi connectivity index (χ2v) is 5.42. The highest BCUT2D eigenvalue weighted by molar-refractivity contribution is 7.09. The summed E-state index contributed by atoms with van der Waals surface area (Å²) in [7, 11) is 0. The van der Waals surface area contributed by atoms with Gasteiger partial charge < -0.3 is 5.73 Å². The van der Waals surface area contributed by atoms with Crippen LogP contribution < -0.4 is 5.73 Å². The molecular formula is C10H18N4S. The normalized spacial score (nSPS) is 16.5. The minimum atomic E-state index is 0.693. The van der Waals surface area contributed by atoms with E-state index in [0.717, 1.165) is 29.8 Å². The lowest BCUT2D eigenvalue weighted by molar-refractivity contribution is 0.224. The summed E-state index contributed by atoms with van der Waals surface area (Å²) in [6.07, 6.45) is 2.65. The van der Waals surface area contributed by atoms with Crippen molar-refractivity contribution in [2.45, 2.75) is 39.3 Å². The third-order valence-corrected chi connectivity index (χ3v) is 3.20. The Kier molecular flexibility index (Phi) is 3.21. The third-order valence-electron chi connectivity index (χ3n) is 2.60. The van der Waals surface area contributed by atoms with Crippen LogP contribution >= 0.6 is 11.5 Å². The number of hydrogen-bond acceptors (Lipinski definition) is 5. The maximum absolute atomic E-state index is 5.81. The predicted octanol–water partition coefficient (Wildman–Crippen LogP) is 1.74. The van der Waals surface area contributed by atoms with Crippen molar-refractivity contribution in [2.24, 2.45) is 5.92 Å². The van der Waals surface area contributed by atoms with E-state index in [9.17, 15) is 0 Å². The summed E-state index contributed by atoms with van der Waals surface area (Å²) in [5, 5.41) is 4.84. The van der Waals surface area contributed by atoms with Gasteiger partial charge in [0.1, 0.15) is 10.7 Å². The summed E-state index contributed by atoms with van der Waals surface area (Å²) in [6.45, 7) is 6.49. The van der Waals surface area contributed by atoms with Crippen molar-refractivity contribution in [3.05, 3.63) is 5.69 Å². The van der Waals surface area contributed by atoms with E-state index < -0.39 is 0 Å². The highest BCUT2D eigenvalue weighted by atomic mass is 32.1. The number of anilines is 1. The van der Waals surface area contributed by atoms with Gasteiger partial charge in [0.25, 0.3) is 0 Å². The van der Waals surface area contributed by atoms with Crippen LogP contribution in [0, 0.1) is 5.92 Å². The first kappa shape index (κ1) is 10.8. The molecule has 1 aromatic heterocycles. The van der Waals surface area contributed by atoms with Gasteiger partial charge in [-0.25, -0.2) is 0 Å². The molecule has 4 nitrogen and oxygen atoms in total. The Hall–Kier alpha value is -0.680. The first-order valence-corrected chi connectivity index (χ1v) is 6.25. The van der Waals surface area contributed by atoms with Gasteiger partial charge in [0.2, 0.25) is 0 Å². The molecule has 1 aliphatic rings. The van der Waals surface area contributed by atoms with E-state index in [0.29, 0.717) is 5.92 Å². The van der Waals surface area contributed by atoms with E-state index in [1.54, 1.807) is 0 Å². The maximum atomic E-state index is 5.81. The van der Waals surface area contributed by atoms with E-state index in [4.69, 9.17) is 5.73 Å². The standard InChI is InChI=1S/C10H18N4S/c1-7(2)5-14(8-3-4-8)6-9-10(11)15-13-12-9/h7-8H,3-6,11H2,1-2H3. The third kappa shape index (κ3) is 2.89. The molecule has 0 atom stereocenters. The van der Waals surface area contributed by atoms with Crippen LogP contribution in [0.15, 0.2) is 0 Å². The van der Waals surface area contributed by atoms with Crippen molar-refractivity contribution in [2.75, 3.05) is 12.3 Å². The van der Waals surface area contributed by atoms with Crippen LogP contribution in [-0.2, 0) is 6.54 Å². The van der Waals surface area contributed by atoms with Crippen molar-refractivity contribution in [1.29, 1.82) is 0 Å². The number of rotatable bonds is 5. The van der Waals surface area contributed by atoms with Crippen molar-refractivity contribution in [3.63, 3.8) is 0 Å². The molecule has 2 rings (SSSR count). The Morgan fingerprint density at radius 1 is 1.53 bits per heavy atom. The zero-order valence-corrected chi connectivity index (χ0v) is 10.1. The van der Waals surface area contributed by atoms with E-state index in [1.807, 2.05) is 0 Å². The van der Waals surface area contributed by atoms with Crippen molar-refractivity contribution in [1.82, 2.24) is 14.5 Å². The number of aromatic nitrogens is 2. The zero-order chi connectivity index (χ0) is 10.8. The molecule has 0 spiro atoms. The second kappa shape index (κ2) is 4.45. The van der Waals surface area contributed by atoms with Gasteiger partial charge in [-0.05, 0) is 18.8 Å². The molecule has 1 aliphatic carbocycles. The van der Waals surface area contributed by atoms with E-state index in [2.05, 4.69) is 28.3 Å². The van der Waals surface area contributed by atoms with Gasteiger partial charge in [-0.2, -0.15) is 0 Å². The average molecular weight is 226 g/mol. The fourth-order valence-corrected chi connectivity index (χ4v) is 2.21. The minimum absolute atomic E-state index is 0.693. The largest absolute Gasteiger partial charge is 0.388 e. The van der Waals surface area contributed by atoms with Gasteiger partial charge in [0, 0.05) is 30.7 Å². The molecule has 5 heteroatoms. The van der Waals surface area contributed by atoms with Gasteiger partial charge >= 0.3 is 0 Å². The lowest BCUT2D eigenvalue weighted by Crippen LogP contribution is -2.29. The van der Waals surface area contributed by atoms with Gasteiger partial charge in [-0.1, -0.05) is 18.3 Å². The number of nitrogens with two attached hydrogens (primary N) is 1. The van der Waals surface area contributed by atoms with Gasteiger partial charge in [0.05, 0.1) is 0 Å². The predicted molar refractivity (Wildman–Crippen MR) is 62.6 cm³/mol. The molecule has 0 saturated heterocycles.